The molecule has 33 valence electrons. The van der Waals surface area contributed by atoms with Crippen molar-refractivity contribution in [2.45, 2.75) is 13.8 Å². The summed E-state index contributed by atoms with van der Waals surface area (Å²) in [7, 11) is 1.20. The number of rotatable bonds is 2. The predicted molar refractivity (Wildman–Crippen MR) is 35.2 cm³/mol. The van der Waals surface area contributed by atoms with Crippen molar-refractivity contribution >= 4 is 60.0 Å². The molecule has 0 saturated heterocycles. The smallest absolute Gasteiger partial charge is 0 e. The van der Waals surface area contributed by atoms with Crippen LogP contribution in [-0.2, 0) is 0 Å². The zero-order valence-electron chi connectivity index (χ0n) is 4.91. The standard InChI is InChI=1S/C4H11P.K/c1-3-5-4-2;/h5H,3-4H2,1-2H3;. The molecular weight excluding hydrogens is 118 g/mol. The van der Waals surface area contributed by atoms with Gasteiger partial charge in [-0.1, -0.05) is 13.8 Å². The minimum absolute atomic E-state index is 0. The SMILES string of the molecule is CCPCC.[K]. The van der Waals surface area contributed by atoms with Crippen LogP contribution >= 0.6 is 8.58 Å². The van der Waals surface area contributed by atoms with E-state index in [4.69, 9.17) is 0 Å². The third-order valence-electron chi connectivity index (χ3n) is 0.500. The largest absolute Gasteiger partial charge is 0.123 e. The molecule has 0 heterocycles. The minimum atomic E-state index is 0. The summed E-state index contributed by atoms with van der Waals surface area (Å²) in [5, 5.41) is 0. The summed E-state index contributed by atoms with van der Waals surface area (Å²) in [5.74, 6) is 0. The Kier molecular flexibility index (Phi) is 18.5. The van der Waals surface area contributed by atoms with E-state index in [9.17, 15) is 0 Å². The molecule has 2 heteroatoms. The van der Waals surface area contributed by atoms with Gasteiger partial charge in [-0.25, -0.2) is 0 Å². The van der Waals surface area contributed by atoms with Crippen molar-refractivity contribution in [1.29, 1.82) is 0 Å². The van der Waals surface area contributed by atoms with E-state index < -0.39 is 0 Å². The number of hydrogen-bond acceptors (Lipinski definition) is 0. The second-order valence-electron chi connectivity index (χ2n) is 0.957. The van der Waals surface area contributed by atoms with Crippen LogP contribution in [0.4, 0.5) is 0 Å². The first-order valence-electron chi connectivity index (χ1n) is 2.12. The Morgan fingerprint density at radius 1 is 1.17 bits per heavy atom. The summed E-state index contributed by atoms with van der Waals surface area (Å²) >= 11 is 0. The van der Waals surface area contributed by atoms with Crippen LogP contribution in [0.15, 0.2) is 0 Å². The molecule has 0 aliphatic rings. The predicted octanol–water partition coefficient (Wildman–Crippen LogP) is 1.32. The average molecular weight is 129 g/mol. The Morgan fingerprint density at radius 2 is 1.50 bits per heavy atom. The summed E-state index contributed by atoms with van der Waals surface area (Å²) in [4.78, 5) is 0. The van der Waals surface area contributed by atoms with Crippen LogP contribution in [0.1, 0.15) is 13.8 Å². The Labute approximate surface area is 84.7 Å². The first-order chi connectivity index (χ1) is 2.41. The van der Waals surface area contributed by atoms with Crippen molar-refractivity contribution in [1.82, 2.24) is 0 Å². The van der Waals surface area contributed by atoms with E-state index in [-0.39, 0.29) is 51.4 Å². The molecule has 0 saturated carbocycles. The molecule has 0 aromatic rings. The fraction of sp³-hybridized carbons (Fsp3) is 1.00. The number of hydrogen-bond donors (Lipinski definition) is 0. The quantitative estimate of drug-likeness (QED) is 0.389. The van der Waals surface area contributed by atoms with E-state index in [1.807, 2.05) is 0 Å². The fourth-order valence-electron chi connectivity index (χ4n) is 0.250. The molecule has 0 nitrogen and oxygen atoms in total. The van der Waals surface area contributed by atoms with E-state index in [0.717, 1.165) is 0 Å². The van der Waals surface area contributed by atoms with Crippen molar-refractivity contribution < 1.29 is 0 Å². The summed E-state index contributed by atoms with van der Waals surface area (Å²) < 4.78 is 0. The third-order valence-corrected chi connectivity index (χ3v) is 1.50. The second kappa shape index (κ2) is 10.1. The van der Waals surface area contributed by atoms with Crippen LogP contribution < -0.4 is 0 Å². The van der Waals surface area contributed by atoms with Gasteiger partial charge in [0.15, 0.2) is 0 Å². The van der Waals surface area contributed by atoms with Gasteiger partial charge in [0.05, 0.1) is 0 Å². The van der Waals surface area contributed by atoms with Gasteiger partial charge in [-0.2, -0.15) is 0 Å². The van der Waals surface area contributed by atoms with Crippen LogP contribution in [0, 0.1) is 0 Å². The molecule has 1 radical (unpaired) electrons. The Bertz CT molecular complexity index is 15.0. The van der Waals surface area contributed by atoms with Gasteiger partial charge in [0.1, 0.15) is 0 Å². The van der Waals surface area contributed by atoms with Gasteiger partial charge in [-0.05, 0) is 12.3 Å². The fourth-order valence-corrected chi connectivity index (χ4v) is 0.750. The van der Waals surface area contributed by atoms with Crippen molar-refractivity contribution in [2.24, 2.45) is 0 Å². The van der Waals surface area contributed by atoms with Crippen LogP contribution in [0.2, 0.25) is 0 Å². The van der Waals surface area contributed by atoms with Crippen LogP contribution in [0.3, 0.4) is 0 Å². The zero-order chi connectivity index (χ0) is 4.12. The topological polar surface area (TPSA) is 0 Å². The van der Waals surface area contributed by atoms with E-state index in [1.54, 1.807) is 0 Å². The van der Waals surface area contributed by atoms with Crippen LogP contribution in [0.25, 0.3) is 0 Å². The van der Waals surface area contributed by atoms with Crippen molar-refractivity contribution in [3.63, 3.8) is 0 Å². The van der Waals surface area contributed by atoms with Gasteiger partial charge in [0.2, 0.25) is 0 Å². The summed E-state index contributed by atoms with van der Waals surface area (Å²) in [6.07, 6.45) is 2.74. The second-order valence-corrected chi connectivity index (χ2v) is 2.87. The normalized spacial score (nSPS) is 7.00. The Morgan fingerprint density at radius 3 is 1.50 bits per heavy atom. The molecule has 0 amide bonds. The van der Waals surface area contributed by atoms with E-state index in [1.165, 1.54) is 20.9 Å². The molecule has 6 heavy (non-hydrogen) atoms. The van der Waals surface area contributed by atoms with E-state index in [0.29, 0.717) is 0 Å². The molecule has 0 N–H and O–H groups in total. The molecule has 0 unspecified atom stereocenters. The summed E-state index contributed by atoms with van der Waals surface area (Å²) in [6, 6.07) is 0. The molecule has 0 aliphatic heterocycles. The van der Waals surface area contributed by atoms with Crippen molar-refractivity contribution in [3.05, 3.63) is 0 Å². The summed E-state index contributed by atoms with van der Waals surface area (Å²) in [6.45, 7) is 4.45. The van der Waals surface area contributed by atoms with Gasteiger partial charge < -0.3 is 0 Å². The van der Waals surface area contributed by atoms with Gasteiger partial charge in [-0.15, -0.1) is 8.58 Å². The van der Waals surface area contributed by atoms with Gasteiger partial charge >= 0.3 is 0 Å². The maximum Gasteiger partial charge on any atom is 0 e. The van der Waals surface area contributed by atoms with Gasteiger partial charge in [0, 0.05) is 51.4 Å². The van der Waals surface area contributed by atoms with Crippen LogP contribution in [0.5, 0.6) is 0 Å². The molecule has 0 atom stereocenters. The van der Waals surface area contributed by atoms with Gasteiger partial charge in [-0.3, -0.25) is 0 Å². The minimum Gasteiger partial charge on any atom is -0.123 e. The Hall–Kier alpha value is 2.07. The first kappa shape index (κ1) is 10.9. The maximum atomic E-state index is 2.22. The zero-order valence-corrected chi connectivity index (χ0v) is 9.04. The monoisotopic (exact) mass is 129 g/mol. The molecule has 0 bridgehead atoms. The molecule has 0 aliphatic carbocycles. The van der Waals surface area contributed by atoms with Gasteiger partial charge in [0.25, 0.3) is 0 Å². The summed E-state index contributed by atoms with van der Waals surface area (Å²) in [5.41, 5.74) is 0. The molecule has 0 aromatic carbocycles. The maximum absolute atomic E-state index is 2.22. The third kappa shape index (κ3) is 9.42. The first-order valence-corrected chi connectivity index (χ1v) is 3.54. The molecule has 0 aromatic heterocycles. The van der Waals surface area contributed by atoms with E-state index in [2.05, 4.69) is 13.8 Å². The molecule has 0 spiro atoms. The molecular formula is C4H11KP. The molecule has 0 fully saturated rings. The van der Waals surface area contributed by atoms with Crippen LogP contribution in [-0.4, -0.2) is 63.7 Å². The van der Waals surface area contributed by atoms with E-state index >= 15 is 0 Å². The van der Waals surface area contributed by atoms with Crippen molar-refractivity contribution in [3.8, 4) is 0 Å². The Balaban J connectivity index is 0. The average Bonchev–Trinajstić information content (AvgIpc) is 1.41. The molecule has 0 rings (SSSR count). The van der Waals surface area contributed by atoms with Crippen molar-refractivity contribution in [2.75, 3.05) is 12.3 Å².